The lowest BCUT2D eigenvalue weighted by Gasteiger charge is -2.32. The molecule has 0 radical (unpaired) electrons. The highest BCUT2D eigenvalue weighted by atomic mass is 19.2. The first-order valence-corrected chi connectivity index (χ1v) is 15.1. The van der Waals surface area contributed by atoms with Crippen LogP contribution in [0.1, 0.15) is 59.4 Å². The summed E-state index contributed by atoms with van der Waals surface area (Å²) < 4.78 is 65.2. The van der Waals surface area contributed by atoms with Gasteiger partial charge in [0.25, 0.3) is 0 Å². The van der Waals surface area contributed by atoms with E-state index in [2.05, 4.69) is 10.6 Å². The van der Waals surface area contributed by atoms with Crippen molar-refractivity contribution in [2.75, 3.05) is 31.6 Å². The van der Waals surface area contributed by atoms with Crippen molar-refractivity contribution in [1.29, 1.82) is 0 Å². The van der Waals surface area contributed by atoms with Crippen LogP contribution in [0, 0.1) is 35.1 Å². The summed E-state index contributed by atoms with van der Waals surface area (Å²) in [5.74, 6) is -14.1. The number of para-hydroxylation sites is 1. The van der Waals surface area contributed by atoms with Gasteiger partial charge in [0.1, 0.15) is 12.6 Å². The van der Waals surface area contributed by atoms with E-state index in [1.807, 2.05) is 32.9 Å². The Kier molecular flexibility index (Phi) is 12.5. The number of rotatable bonds is 11. The van der Waals surface area contributed by atoms with E-state index in [1.165, 1.54) is 4.90 Å². The van der Waals surface area contributed by atoms with Gasteiger partial charge in [0.05, 0.1) is 18.9 Å². The molecule has 3 amide bonds. The van der Waals surface area contributed by atoms with Crippen molar-refractivity contribution in [3.8, 4) is 5.75 Å². The highest BCUT2D eigenvalue weighted by molar-refractivity contribution is 6.39. The topological polar surface area (TPSA) is 131 Å². The smallest absolute Gasteiger partial charge is 0.313 e. The SMILES string of the molecule is CC(C)COC(=O)C[C@H](NC(=O)[C@@H]1CCCN(C(=O)C(=O)Nc2ccccc2C(C)(C)C)C1)C(=O)COc1c(F)c(F)cc(F)c1F. The zero-order valence-corrected chi connectivity index (χ0v) is 26.9. The number of likely N-dealkylation sites (tertiary alicyclic amines) is 1. The van der Waals surface area contributed by atoms with Crippen molar-refractivity contribution in [2.45, 2.75) is 65.3 Å². The van der Waals surface area contributed by atoms with Gasteiger partial charge in [0.15, 0.2) is 23.2 Å². The van der Waals surface area contributed by atoms with Gasteiger partial charge in [-0.15, -0.1) is 0 Å². The Morgan fingerprint density at radius 2 is 1.64 bits per heavy atom. The van der Waals surface area contributed by atoms with Crippen molar-refractivity contribution >= 4 is 35.2 Å². The number of halogens is 4. The Labute approximate surface area is 270 Å². The number of hydrogen-bond donors (Lipinski definition) is 2. The lowest BCUT2D eigenvalue weighted by atomic mass is 9.86. The third-order valence-corrected chi connectivity index (χ3v) is 7.34. The van der Waals surface area contributed by atoms with Gasteiger partial charge in [-0.05, 0) is 35.8 Å². The Balaban J connectivity index is 1.71. The van der Waals surface area contributed by atoms with Gasteiger partial charge >= 0.3 is 17.8 Å². The minimum Gasteiger partial charge on any atom is -0.479 e. The number of amides is 3. The van der Waals surface area contributed by atoms with Gasteiger partial charge < -0.3 is 25.0 Å². The molecular formula is C33H39F4N3O7. The lowest BCUT2D eigenvalue weighted by Crippen LogP contribution is -2.52. The third kappa shape index (κ3) is 10.00. The normalized spacial score (nSPS) is 15.5. The van der Waals surface area contributed by atoms with Crippen LogP contribution in [0.5, 0.6) is 5.75 Å². The van der Waals surface area contributed by atoms with Crippen LogP contribution < -0.4 is 15.4 Å². The molecule has 0 spiro atoms. The van der Waals surface area contributed by atoms with E-state index in [1.54, 1.807) is 26.0 Å². The number of ketones is 1. The Morgan fingerprint density at radius 1 is 1.00 bits per heavy atom. The van der Waals surface area contributed by atoms with E-state index in [4.69, 9.17) is 9.47 Å². The van der Waals surface area contributed by atoms with Gasteiger partial charge in [0.2, 0.25) is 17.5 Å². The van der Waals surface area contributed by atoms with Crippen LogP contribution in [-0.2, 0) is 34.1 Å². The second-order valence-corrected chi connectivity index (χ2v) is 12.7. The molecule has 0 unspecified atom stereocenters. The summed E-state index contributed by atoms with van der Waals surface area (Å²) >= 11 is 0. The molecule has 10 nitrogen and oxygen atoms in total. The molecule has 2 aromatic rings. The first-order valence-electron chi connectivity index (χ1n) is 15.1. The summed E-state index contributed by atoms with van der Waals surface area (Å²) in [5.41, 5.74) is 0.965. The second kappa shape index (κ2) is 15.9. The first-order chi connectivity index (χ1) is 22.0. The Morgan fingerprint density at radius 3 is 2.26 bits per heavy atom. The van der Waals surface area contributed by atoms with E-state index in [0.29, 0.717) is 12.1 Å². The molecule has 0 aromatic heterocycles. The van der Waals surface area contributed by atoms with Gasteiger partial charge in [-0.25, -0.2) is 8.78 Å². The highest BCUT2D eigenvalue weighted by Gasteiger charge is 2.35. The van der Waals surface area contributed by atoms with Gasteiger partial charge in [-0.2, -0.15) is 8.78 Å². The molecular weight excluding hydrogens is 626 g/mol. The van der Waals surface area contributed by atoms with Crippen LogP contribution in [0.3, 0.4) is 0 Å². The van der Waals surface area contributed by atoms with Gasteiger partial charge in [-0.3, -0.25) is 24.0 Å². The fourth-order valence-electron chi connectivity index (χ4n) is 4.88. The van der Waals surface area contributed by atoms with Crippen LogP contribution in [0.2, 0.25) is 0 Å². The predicted molar refractivity (Wildman–Crippen MR) is 162 cm³/mol. The fraction of sp³-hybridized carbons (Fsp3) is 0.485. The maximum atomic E-state index is 14.1. The molecule has 47 heavy (non-hydrogen) atoms. The summed E-state index contributed by atoms with van der Waals surface area (Å²) in [6.07, 6.45) is -0.0656. The summed E-state index contributed by atoms with van der Waals surface area (Å²) in [6, 6.07) is 5.42. The summed E-state index contributed by atoms with van der Waals surface area (Å²) in [5, 5.41) is 5.05. The number of piperidine rings is 1. The zero-order chi connectivity index (χ0) is 35.1. The van der Waals surface area contributed by atoms with E-state index < -0.39 is 83.5 Å². The maximum Gasteiger partial charge on any atom is 0.313 e. The van der Waals surface area contributed by atoms with E-state index in [0.717, 1.165) is 5.56 Å². The van der Waals surface area contributed by atoms with Crippen molar-refractivity contribution in [2.24, 2.45) is 11.8 Å². The molecule has 0 bridgehead atoms. The Hall–Kier alpha value is -4.49. The second-order valence-electron chi connectivity index (χ2n) is 12.7. The largest absolute Gasteiger partial charge is 0.479 e. The number of hydrogen-bond acceptors (Lipinski definition) is 7. The number of anilines is 1. The number of Topliss-reactive ketones (excluding diaryl/α,β-unsaturated/α-hetero) is 1. The Bertz CT molecular complexity index is 1480. The molecule has 2 aromatic carbocycles. The van der Waals surface area contributed by atoms with Crippen LogP contribution in [0.25, 0.3) is 0 Å². The monoisotopic (exact) mass is 665 g/mol. The third-order valence-electron chi connectivity index (χ3n) is 7.34. The number of nitrogens with zero attached hydrogens (tertiary/aromatic N) is 1. The van der Waals surface area contributed by atoms with E-state index in [-0.39, 0.29) is 43.5 Å². The molecule has 1 aliphatic rings. The first kappa shape index (κ1) is 37.0. The number of nitrogens with one attached hydrogen (secondary N) is 2. The zero-order valence-electron chi connectivity index (χ0n) is 26.9. The highest BCUT2D eigenvalue weighted by Crippen LogP contribution is 2.30. The van der Waals surface area contributed by atoms with Gasteiger partial charge in [0, 0.05) is 24.8 Å². The van der Waals surface area contributed by atoms with Crippen molar-refractivity contribution < 1.29 is 51.0 Å². The molecule has 2 N–H and O–H groups in total. The van der Waals surface area contributed by atoms with Gasteiger partial charge in [-0.1, -0.05) is 52.8 Å². The summed E-state index contributed by atoms with van der Waals surface area (Å²) in [7, 11) is 0. The van der Waals surface area contributed by atoms with Crippen molar-refractivity contribution in [3.05, 3.63) is 59.2 Å². The molecule has 1 fully saturated rings. The van der Waals surface area contributed by atoms with Crippen LogP contribution in [0.4, 0.5) is 23.2 Å². The average molecular weight is 666 g/mol. The van der Waals surface area contributed by atoms with Crippen molar-refractivity contribution in [3.63, 3.8) is 0 Å². The standard InChI is InChI=1S/C33H39F4N3O7/c1-18(2)16-46-26(42)14-24(25(41)17-47-29-27(36)21(34)13-22(35)28(29)37)39-30(43)19-9-8-12-40(15-19)32(45)31(44)38-23-11-7-6-10-20(23)33(3,4)5/h6-7,10-11,13,18-19,24H,8-9,12,14-17H2,1-5H3,(H,38,44)(H,39,43)/t19-,24+/m1/s1. The minimum atomic E-state index is -1.87. The summed E-state index contributed by atoms with van der Waals surface area (Å²) in [4.78, 5) is 66.0. The fourth-order valence-corrected chi connectivity index (χ4v) is 4.88. The molecule has 1 heterocycles. The molecule has 14 heteroatoms. The lowest BCUT2D eigenvalue weighted by molar-refractivity contribution is -0.147. The average Bonchev–Trinajstić information content (AvgIpc) is 3.01. The predicted octanol–water partition coefficient (Wildman–Crippen LogP) is 4.44. The number of ether oxygens (including phenoxy) is 2. The van der Waals surface area contributed by atoms with Crippen LogP contribution >= 0.6 is 0 Å². The van der Waals surface area contributed by atoms with E-state index in [9.17, 15) is 41.5 Å². The molecule has 256 valence electrons. The molecule has 0 aliphatic carbocycles. The molecule has 0 saturated carbocycles. The number of benzene rings is 2. The molecule has 3 rings (SSSR count). The minimum absolute atomic E-state index is 0.00513. The van der Waals surface area contributed by atoms with Crippen LogP contribution in [0.15, 0.2) is 30.3 Å². The van der Waals surface area contributed by atoms with Crippen molar-refractivity contribution in [1.82, 2.24) is 10.2 Å². The molecule has 1 saturated heterocycles. The molecule has 2 atom stereocenters. The number of carbonyl (C=O) groups excluding carboxylic acids is 5. The summed E-state index contributed by atoms with van der Waals surface area (Å²) in [6.45, 7) is 8.27. The molecule has 1 aliphatic heterocycles. The van der Waals surface area contributed by atoms with Crippen LogP contribution in [-0.4, -0.2) is 66.7 Å². The number of esters is 1. The number of carbonyl (C=O) groups is 5. The van der Waals surface area contributed by atoms with E-state index >= 15 is 0 Å². The maximum absolute atomic E-state index is 14.1. The quantitative estimate of drug-likeness (QED) is 0.157.